The lowest BCUT2D eigenvalue weighted by Crippen LogP contribution is -2.54. The second kappa shape index (κ2) is 4.72. The van der Waals surface area contributed by atoms with Gasteiger partial charge in [0, 0.05) is 25.7 Å². The van der Waals surface area contributed by atoms with Crippen LogP contribution in [0.15, 0.2) is 18.2 Å². The molecular weight excluding hydrogens is 204 g/mol. The van der Waals surface area contributed by atoms with Crippen LogP contribution in [0.4, 0.5) is 0 Å². The molecule has 0 amide bonds. The summed E-state index contributed by atoms with van der Waals surface area (Å²) in [6, 6.07) is 5.81. The van der Waals surface area contributed by atoms with Crippen molar-refractivity contribution in [3.05, 3.63) is 23.8 Å². The molecular formula is C12H18N2O2. The third-order valence-corrected chi connectivity index (χ3v) is 2.72. The molecule has 0 radical (unpaired) electrons. The number of nitrogens with two attached hydrogens (primary N) is 1. The fraction of sp³-hybridized carbons (Fsp3) is 0.500. The van der Waals surface area contributed by atoms with Gasteiger partial charge in [-0.15, -0.1) is 0 Å². The van der Waals surface area contributed by atoms with E-state index in [0.29, 0.717) is 18.4 Å². The highest BCUT2D eigenvalue weighted by molar-refractivity contribution is 5.41. The van der Waals surface area contributed by atoms with Crippen LogP contribution < -0.4 is 10.5 Å². The molecule has 0 unspecified atom stereocenters. The third kappa shape index (κ3) is 2.46. The van der Waals surface area contributed by atoms with Crippen molar-refractivity contribution >= 4 is 0 Å². The van der Waals surface area contributed by atoms with Gasteiger partial charge in [-0.3, -0.25) is 4.90 Å². The molecule has 1 aliphatic heterocycles. The molecule has 0 aliphatic carbocycles. The number of benzene rings is 1. The van der Waals surface area contributed by atoms with Crippen LogP contribution in [0.3, 0.4) is 0 Å². The van der Waals surface area contributed by atoms with Crippen molar-refractivity contribution < 1.29 is 9.84 Å². The van der Waals surface area contributed by atoms with E-state index in [1.807, 2.05) is 19.1 Å². The largest absolute Gasteiger partial charge is 0.504 e. The lowest BCUT2D eigenvalue weighted by atomic mass is 10.1. The van der Waals surface area contributed by atoms with Gasteiger partial charge in [0.1, 0.15) is 0 Å². The molecule has 0 saturated carbocycles. The number of phenols is 1. The monoisotopic (exact) mass is 222 g/mol. The first-order chi connectivity index (χ1) is 7.69. The highest BCUT2D eigenvalue weighted by atomic mass is 16.5. The van der Waals surface area contributed by atoms with Crippen LogP contribution in [0.2, 0.25) is 0 Å². The van der Waals surface area contributed by atoms with Gasteiger partial charge in [0.15, 0.2) is 11.5 Å². The fourth-order valence-corrected chi connectivity index (χ4v) is 1.93. The molecule has 3 N–H and O–H groups in total. The van der Waals surface area contributed by atoms with E-state index in [-0.39, 0.29) is 5.75 Å². The number of phenolic OH excluding ortho intramolecular Hbond substituents is 1. The summed E-state index contributed by atoms with van der Waals surface area (Å²) in [7, 11) is 0. The SMILES string of the molecule is CCOc1cc(CN2CC(N)C2)ccc1O. The van der Waals surface area contributed by atoms with E-state index in [1.54, 1.807) is 6.07 Å². The molecule has 1 aliphatic rings. The zero-order valence-corrected chi connectivity index (χ0v) is 9.52. The second-order valence-electron chi connectivity index (χ2n) is 4.19. The number of hydrogen-bond donors (Lipinski definition) is 2. The number of ether oxygens (including phenoxy) is 1. The van der Waals surface area contributed by atoms with Crippen LogP contribution in [-0.4, -0.2) is 35.7 Å². The Labute approximate surface area is 95.6 Å². The van der Waals surface area contributed by atoms with Crippen molar-refractivity contribution in [1.82, 2.24) is 4.90 Å². The lowest BCUT2D eigenvalue weighted by molar-refractivity contribution is 0.142. The molecule has 0 spiro atoms. The Bertz CT molecular complexity index is 362. The van der Waals surface area contributed by atoms with Crippen molar-refractivity contribution in [1.29, 1.82) is 0 Å². The summed E-state index contributed by atoms with van der Waals surface area (Å²) in [6.07, 6.45) is 0. The number of hydrogen-bond acceptors (Lipinski definition) is 4. The molecule has 16 heavy (non-hydrogen) atoms. The summed E-state index contributed by atoms with van der Waals surface area (Å²) in [4.78, 5) is 2.27. The maximum absolute atomic E-state index is 9.55. The van der Waals surface area contributed by atoms with Crippen molar-refractivity contribution in [2.24, 2.45) is 5.73 Å². The minimum atomic E-state index is 0.200. The van der Waals surface area contributed by atoms with Gasteiger partial charge >= 0.3 is 0 Å². The summed E-state index contributed by atoms with van der Waals surface area (Å²) in [5.41, 5.74) is 6.86. The quantitative estimate of drug-likeness (QED) is 0.796. The van der Waals surface area contributed by atoms with Crippen molar-refractivity contribution in [3.8, 4) is 11.5 Å². The van der Waals surface area contributed by atoms with E-state index in [4.69, 9.17) is 10.5 Å². The zero-order chi connectivity index (χ0) is 11.5. The Hall–Kier alpha value is -1.26. The summed E-state index contributed by atoms with van der Waals surface area (Å²) in [5, 5.41) is 9.55. The molecule has 4 nitrogen and oxygen atoms in total. The van der Waals surface area contributed by atoms with Crippen molar-refractivity contribution in [2.45, 2.75) is 19.5 Å². The van der Waals surface area contributed by atoms with Crippen LogP contribution in [0, 0.1) is 0 Å². The molecule has 1 saturated heterocycles. The van der Waals surface area contributed by atoms with Crippen molar-refractivity contribution in [2.75, 3.05) is 19.7 Å². The normalized spacial score (nSPS) is 17.1. The highest BCUT2D eigenvalue weighted by Gasteiger charge is 2.22. The minimum Gasteiger partial charge on any atom is -0.504 e. The average Bonchev–Trinajstić information content (AvgIpc) is 2.21. The van der Waals surface area contributed by atoms with Gasteiger partial charge in [0.05, 0.1) is 6.61 Å². The summed E-state index contributed by atoms with van der Waals surface area (Å²) >= 11 is 0. The van der Waals surface area contributed by atoms with Gasteiger partial charge < -0.3 is 15.6 Å². The summed E-state index contributed by atoms with van der Waals surface area (Å²) in [6.45, 7) is 5.23. The van der Waals surface area contributed by atoms with Crippen LogP contribution in [0.5, 0.6) is 11.5 Å². The second-order valence-corrected chi connectivity index (χ2v) is 4.19. The molecule has 1 heterocycles. The first-order valence-electron chi connectivity index (χ1n) is 5.61. The van der Waals surface area contributed by atoms with Crippen LogP contribution in [0.25, 0.3) is 0 Å². The molecule has 1 fully saturated rings. The predicted molar refractivity (Wildman–Crippen MR) is 62.5 cm³/mol. The molecule has 2 rings (SSSR count). The first-order valence-corrected chi connectivity index (χ1v) is 5.61. The minimum absolute atomic E-state index is 0.200. The lowest BCUT2D eigenvalue weighted by Gasteiger charge is -2.36. The van der Waals surface area contributed by atoms with Gasteiger partial charge in [-0.2, -0.15) is 0 Å². The number of nitrogens with zero attached hydrogens (tertiary/aromatic N) is 1. The molecule has 1 aromatic carbocycles. The van der Waals surface area contributed by atoms with Gasteiger partial charge in [0.2, 0.25) is 0 Å². The number of likely N-dealkylation sites (tertiary alicyclic amines) is 1. The predicted octanol–water partition coefficient (Wildman–Crippen LogP) is 0.934. The standard InChI is InChI=1S/C12H18N2O2/c1-2-16-12-5-9(3-4-11(12)15)6-14-7-10(13)8-14/h3-5,10,15H,2,6-8,13H2,1H3. The van der Waals surface area contributed by atoms with E-state index in [9.17, 15) is 5.11 Å². The topological polar surface area (TPSA) is 58.7 Å². The number of rotatable bonds is 4. The van der Waals surface area contributed by atoms with Gasteiger partial charge in [-0.25, -0.2) is 0 Å². The maximum Gasteiger partial charge on any atom is 0.161 e. The number of aromatic hydroxyl groups is 1. The molecule has 4 heteroatoms. The summed E-state index contributed by atoms with van der Waals surface area (Å²) in [5.74, 6) is 0.760. The smallest absolute Gasteiger partial charge is 0.161 e. The third-order valence-electron chi connectivity index (χ3n) is 2.72. The van der Waals surface area contributed by atoms with Crippen LogP contribution in [-0.2, 0) is 6.54 Å². The van der Waals surface area contributed by atoms with E-state index in [2.05, 4.69) is 4.90 Å². The van der Waals surface area contributed by atoms with E-state index < -0.39 is 0 Å². The Morgan fingerprint density at radius 1 is 1.50 bits per heavy atom. The maximum atomic E-state index is 9.55. The van der Waals surface area contributed by atoms with Gasteiger partial charge in [0.25, 0.3) is 0 Å². The Morgan fingerprint density at radius 3 is 2.88 bits per heavy atom. The van der Waals surface area contributed by atoms with E-state index in [0.717, 1.165) is 25.2 Å². The van der Waals surface area contributed by atoms with Gasteiger partial charge in [-0.1, -0.05) is 6.07 Å². The molecule has 0 bridgehead atoms. The first kappa shape index (κ1) is 11.2. The Kier molecular flexibility index (Phi) is 3.31. The van der Waals surface area contributed by atoms with Crippen LogP contribution >= 0.6 is 0 Å². The van der Waals surface area contributed by atoms with E-state index >= 15 is 0 Å². The molecule has 88 valence electrons. The Morgan fingerprint density at radius 2 is 2.25 bits per heavy atom. The summed E-state index contributed by atoms with van der Waals surface area (Å²) < 4.78 is 5.34. The van der Waals surface area contributed by atoms with E-state index in [1.165, 1.54) is 0 Å². The zero-order valence-electron chi connectivity index (χ0n) is 9.52. The van der Waals surface area contributed by atoms with Crippen molar-refractivity contribution in [3.63, 3.8) is 0 Å². The van der Waals surface area contributed by atoms with Crippen LogP contribution in [0.1, 0.15) is 12.5 Å². The Balaban J connectivity index is 2.01. The highest BCUT2D eigenvalue weighted by Crippen LogP contribution is 2.27. The average molecular weight is 222 g/mol. The fourth-order valence-electron chi connectivity index (χ4n) is 1.93. The van der Waals surface area contributed by atoms with Gasteiger partial charge in [-0.05, 0) is 24.6 Å². The molecule has 0 atom stereocenters. The molecule has 1 aromatic rings. The molecule has 0 aromatic heterocycles.